The Balaban J connectivity index is 2.54. The Morgan fingerprint density at radius 3 is 2.33 bits per heavy atom. The first-order valence-corrected chi connectivity index (χ1v) is 6.13. The molecule has 1 fully saturated rings. The lowest BCUT2D eigenvalue weighted by Gasteiger charge is -2.36. The van der Waals surface area contributed by atoms with E-state index < -0.39 is 0 Å². The summed E-state index contributed by atoms with van der Waals surface area (Å²) in [6.45, 7) is 10.5. The van der Waals surface area contributed by atoms with Gasteiger partial charge in [0.15, 0.2) is 0 Å². The van der Waals surface area contributed by atoms with Crippen LogP contribution in [-0.4, -0.2) is 11.9 Å². The van der Waals surface area contributed by atoms with Gasteiger partial charge in [-0.3, -0.25) is 4.79 Å². The number of hydrogen-bond acceptors (Lipinski definition) is 1. The molecule has 2 nitrogen and oxygen atoms in total. The maximum atomic E-state index is 11.9. The fourth-order valence-corrected chi connectivity index (χ4v) is 2.17. The zero-order chi connectivity index (χ0) is 11.6. The van der Waals surface area contributed by atoms with E-state index in [1.807, 2.05) is 20.8 Å². The Labute approximate surface area is 93.8 Å². The van der Waals surface area contributed by atoms with E-state index in [-0.39, 0.29) is 11.3 Å². The molecule has 0 aromatic rings. The first-order valence-electron chi connectivity index (χ1n) is 6.13. The maximum absolute atomic E-state index is 11.9. The van der Waals surface area contributed by atoms with E-state index in [1.165, 1.54) is 12.8 Å². The van der Waals surface area contributed by atoms with Crippen molar-refractivity contribution in [3.05, 3.63) is 0 Å². The quantitative estimate of drug-likeness (QED) is 0.710. The van der Waals surface area contributed by atoms with Crippen LogP contribution in [0.4, 0.5) is 0 Å². The molecular formula is C13H25NO. The number of nitrogens with one attached hydrogen (secondary N) is 1. The van der Waals surface area contributed by atoms with Gasteiger partial charge in [-0.05, 0) is 18.3 Å². The topological polar surface area (TPSA) is 29.1 Å². The molecule has 0 saturated heterocycles. The summed E-state index contributed by atoms with van der Waals surface area (Å²) in [5.74, 6) is 1.54. The summed E-state index contributed by atoms with van der Waals surface area (Å²) in [6, 6.07) is 0.389. The molecular weight excluding hydrogens is 186 g/mol. The van der Waals surface area contributed by atoms with Crippen molar-refractivity contribution in [3.63, 3.8) is 0 Å². The van der Waals surface area contributed by atoms with Crippen LogP contribution in [0.2, 0.25) is 0 Å². The van der Waals surface area contributed by atoms with Crippen molar-refractivity contribution < 1.29 is 4.79 Å². The van der Waals surface area contributed by atoms with E-state index >= 15 is 0 Å². The lowest BCUT2D eigenvalue weighted by molar-refractivity contribution is -0.130. The number of rotatable bonds is 1. The van der Waals surface area contributed by atoms with Gasteiger partial charge in [0.05, 0.1) is 0 Å². The van der Waals surface area contributed by atoms with E-state index in [9.17, 15) is 4.79 Å². The maximum Gasteiger partial charge on any atom is 0.225 e. The number of hydrogen-bond donors (Lipinski definition) is 1. The van der Waals surface area contributed by atoms with Crippen LogP contribution in [0.1, 0.15) is 53.9 Å². The SMILES string of the molecule is CC1CCCC(NC(=O)C(C)(C)C)C1C. The minimum Gasteiger partial charge on any atom is -0.353 e. The smallest absolute Gasteiger partial charge is 0.225 e. The molecule has 3 unspecified atom stereocenters. The van der Waals surface area contributed by atoms with E-state index in [0.29, 0.717) is 12.0 Å². The van der Waals surface area contributed by atoms with E-state index in [4.69, 9.17) is 0 Å². The average Bonchev–Trinajstić information content (AvgIpc) is 2.11. The van der Waals surface area contributed by atoms with Gasteiger partial charge in [0.1, 0.15) is 0 Å². The summed E-state index contributed by atoms with van der Waals surface area (Å²) in [5.41, 5.74) is -0.263. The molecule has 0 spiro atoms. The molecule has 0 aromatic heterocycles. The molecule has 88 valence electrons. The molecule has 1 saturated carbocycles. The molecule has 3 atom stereocenters. The average molecular weight is 211 g/mol. The van der Waals surface area contributed by atoms with Crippen LogP contribution in [0, 0.1) is 17.3 Å². The summed E-state index contributed by atoms with van der Waals surface area (Å²) in [6.07, 6.45) is 3.71. The number of amides is 1. The molecule has 1 aliphatic rings. The summed E-state index contributed by atoms with van der Waals surface area (Å²) < 4.78 is 0. The molecule has 0 aromatic carbocycles. The monoisotopic (exact) mass is 211 g/mol. The highest BCUT2D eigenvalue weighted by molar-refractivity contribution is 5.81. The summed E-state index contributed by atoms with van der Waals surface area (Å²) in [5, 5.41) is 3.20. The molecule has 0 heterocycles. The fourth-order valence-electron chi connectivity index (χ4n) is 2.17. The van der Waals surface area contributed by atoms with Crippen LogP contribution < -0.4 is 5.32 Å². The normalized spacial score (nSPS) is 32.5. The molecule has 0 bridgehead atoms. The Morgan fingerprint density at radius 2 is 1.80 bits per heavy atom. The van der Waals surface area contributed by atoms with Crippen molar-refractivity contribution in [2.45, 2.75) is 59.9 Å². The third kappa shape index (κ3) is 3.22. The van der Waals surface area contributed by atoms with Crippen LogP contribution in [0.3, 0.4) is 0 Å². The second kappa shape index (κ2) is 4.54. The Morgan fingerprint density at radius 1 is 1.20 bits per heavy atom. The van der Waals surface area contributed by atoms with Gasteiger partial charge >= 0.3 is 0 Å². The van der Waals surface area contributed by atoms with Gasteiger partial charge < -0.3 is 5.32 Å². The van der Waals surface area contributed by atoms with Crippen LogP contribution in [0.25, 0.3) is 0 Å². The molecule has 0 radical (unpaired) electrons. The molecule has 1 amide bonds. The lowest BCUT2D eigenvalue weighted by atomic mass is 9.77. The summed E-state index contributed by atoms with van der Waals surface area (Å²) >= 11 is 0. The van der Waals surface area contributed by atoms with Gasteiger partial charge in [-0.1, -0.05) is 47.5 Å². The van der Waals surface area contributed by atoms with Crippen molar-refractivity contribution in [1.82, 2.24) is 5.32 Å². The fraction of sp³-hybridized carbons (Fsp3) is 0.923. The van der Waals surface area contributed by atoms with E-state index in [1.54, 1.807) is 0 Å². The number of carbonyl (C=O) groups is 1. The van der Waals surface area contributed by atoms with Gasteiger partial charge in [-0.25, -0.2) is 0 Å². The van der Waals surface area contributed by atoms with Crippen LogP contribution in [0.15, 0.2) is 0 Å². The standard InChI is InChI=1S/C13H25NO/c1-9-7-6-8-11(10(9)2)14-12(15)13(3,4)5/h9-11H,6-8H2,1-5H3,(H,14,15). The van der Waals surface area contributed by atoms with Crippen molar-refractivity contribution in [3.8, 4) is 0 Å². The van der Waals surface area contributed by atoms with Gasteiger partial charge in [0.2, 0.25) is 5.91 Å². The summed E-state index contributed by atoms with van der Waals surface area (Å²) in [4.78, 5) is 11.9. The molecule has 2 heteroatoms. The van der Waals surface area contributed by atoms with Crippen molar-refractivity contribution in [1.29, 1.82) is 0 Å². The highest BCUT2D eigenvalue weighted by atomic mass is 16.2. The van der Waals surface area contributed by atoms with Gasteiger partial charge in [0, 0.05) is 11.5 Å². The largest absolute Gasteiger partial charge is 0.353 e. The molecule has 15 heavy (non-hydrogen) atoms. The van der Waals surface area contributed by atoms with Gasteiger partial charge in [0.25, 0.3) is 0 Å². The third-order valence-electron chi connectivity index (χ3n) is 3.70. The van der Waals surface area contributed by atoms with Gasteiger partial charge in [-0.15, -0.1) is 0 Å². The molecule has 0 aliphatic heterocycles. The predicted octanol–water partition coefficient (Wildman–Crippen LogP) is 2.97. The van der Waals surface area contributed by atoms with Crippen molar-refractivity contribution in [2.24, 2.45) is 17.3 Å². The molecule has 1 N–H and O–H groups in total. The Kier molecular flexibility index (Phi) is 3.80. The predicted molar refractivity (Wildman–Crippen MR) is 63.6 cm³/mol. The van der Waals surface area contributed by atoms with Crippen LogP contribution in [0.5, 0.6) is 0 Å². The van der Waals surface area contributed by atoms with Crippen LogP contribution >= 0.6 is 0 Å². The van der Waals surface area contributed by atoms with Gasteiger partial charge in [-0.2, -0.15) is 0 Å². The summed E-state index contributed by atoms with van der Waals surface area (Å²) in [7, 11) is 0. The number of carbonyl (C=O) groups excluding carboxylic acids is 1. The highest BCUT2D eigenvalue weighted by Crippen LogP contribution is 2.30. The van der Waals surface area contributed by atoms with Crippen molar-refractivity contribution in [2.75, 3.05) is 0 Å². The molecule has 1 rings (SSSR count). The third-order valence-corrected chi connectivity index (χ3v) is 3.70. The zero-order valence-corrected chi connectivity index (χ0v) is 10.8. The van der Waals surface area contributed by atoms with E-state index in [2.05, 4.69) is 19.2 Å². The second-order valence-corrected chi connectivity index (χ2v) is 6.10. The van der Waals surface area contributed by atoms with Crippen molar-refractivity contribution >= 4 is 5.91 Å². The lowest BCUT2D eigenvalue weighted by Crippen LogP contribution is -2.47. The second-order valence-electron chi connectivity index (χ2n) is 6.10. The zero-order valence-electron chi connectivity index (χ0n) is 10.8. The highest BCUT2D eigenvalue weighted by Gasteiger charge is 2.31. The van der Waals surface area contributed by atoms with Crippen LogP contribution in [-0.2, 0) is 4.79 Å². The van der Waals surface area contributed by atoms with E-state index in [0.717, 1.165) is 12.3 Å². The minimum absolute atomic E-state index is 0.188. The first-order chi connectivity index (χ1) is 6.82. The first kappa shape index (κ1) is 12.5. The Bertz CT molecular complexity index is 229. The molecule has 1 aliphatic carbocycles. The Hall–Kier alpha value is -0.530. The minimum atomic E-state index is -0.263.